The highest BCUT2D eigenvalue weighted by atomic mass is 16.1. The summed E-state index contributed by atoms with van der Waals surface area (Å²) in [7, 11) is 0. The summed E-state index contributed by atoms with van der Waals surface area (Å²) in [5.41, 5.74) is 5.81. The van der Waals surface area contributed by atoms with Gasteiger partial charge in [0.05, 0.1) is 6.04 Å². The zero-order chi connectivity index (χ0) is 12.3. The molecule has 2 N–H and O–H groups in total. The van der Waals surface area contributed by atoms with Crippen LogP contribution in [0.25, 0.3) is 0 Å². The molecule has 3 nitrogen and oxygen atoms in total. The van der Waals surface area contributed by atoms with Crippen molar-refractivity contribution in [2.75, 3.05) is 13.1 Å². The maximum Gasteiger partial charge on any atom is 0.234 e. The van der Waals surface area contributed by atoms with Gasteiger partial charge in [0.15, 0.2) is 0 Å². The van der Waals surface area contributed by atoms with Crippen molar-refractivity contribution >= 4 is 5.91 Å². The van der Waals surface area contributed by atoms with Crippen LogP contribution in [0.4, 0.5) is 0 Å². The molecule has 1 heterocycles. The first-order valence-electron chi connectivity index (χ1n) is 6.39. The van der Waals surface area contributed by atoms with E-state index in [9.17, 15) is 4.79 Å². The molecule has 0 radical (unpaired) electrons. The highest BCUT2D eigenvalue weighted by molar-refractivity contribution is 5.79. The number of hydrogen-bond donors (Lipinski definition) is 1. The molecule has 1 atom stereocenters. The summed E-state index contributed by atoms with van der Waals surface area (Å²) in [6.07, 6.45) is 3.20. The molecular formula is C13H26N2O. The van der Waals surface area contributed by atoms with Crippen molar-refractivity contribution in [2.45, 2.75) is 53.0 Å². The molecule has 1 fully saturated rings. The van der Waals surface area contributed by atoms with Crippen LogP contribution in [-0.4, -0.2) is 29.9 Å². The highest BCUT2D eigenvalue weighted by Gasteiger charge is 2.32. The average molecular weight is 226 g/mol. The first kappa shape index (κ1) is 13.5. The summed E-state index contributed by atoms with van der Waals surface area (Å²) in [5, 5.41) is 0. The van der Waals surface area contributed by atoms with Crippen molar-refractivity contribution in [1.82, 2.24) is 4.90 Å². The van der Waals surface area contributed by atoms with Gasteiger partial charge in [0.2, 0.25) is 5.91 Å². The summed E-state index contributed by atoms with van der Waals surface area (Å²) >= 11 is 0. The fraction of sp³-hybridized carbons (Fsp3) is 0.923. The summed E-state index contributed by atoms with van der Waals surface area (Å²) in [6.45, 7) is 11.0. The molecule has 1 aliphatic rings. The third-order valence-electron chi connectivity index (χ3n) is 3.91. The van der Waals surface area contributed by atoms with Crippen LogP contribution >= 0.6 is 0 Å². The molecule has 0 bridgehead atoms. The number of carbonyl (C=O) groups is 1. The van der Waals surface area contributed by atoms with Gasteiger partial charge in [-0.05, 0) is 43.7 Å². The first-order chi connectivity index (χ1) is 7.36. The number of hydrogen-bond acceptors (Lipinski definition) is 2. The van der Waals surface area contributed by atoms with E-state index in [2.05, 4.69) is 25.7 Å². The van der Waals surface area contributed by atoms with Gasteiger partial charge in [0.25, 0.3) is 0 Å². The van der Waals surface area contributed by atoms with Gasteiger partial charge >= 0.3 is 0 Å². The zero-order valence-corrected chi connectivity index (χ0v) is 11.1. The number of primary amides is 1. The molecule has 3 heteroatoms. The highest BCUT2D eigenvalue weighted by Crippen LogP contribution is 2.34. The van der Waals surface area contributed by atoms with E-state index in [1.54, 1.807) is 0 Å². The predicted molar refractivity (Wildman–Crippen MR) is 67.0 cm³/mol. The Morgan fingerprint density at radius 2 is 1.88 bits per heavy atom. The number of nitrogens with two attached hydrogens (primary N) is 1. The van der Waals surface area contributed by atoms with E-state index in [-0.39, 0.29) is 11.9 Å². The van der Waals surface area contributed by atoms with Crippen LogP contribution in [0.2, 0.25) is 0 Å². The lowest BCUT2D eigenvalue weighted by atomic mass is 9.75. The Labute approximate surface area is 99.4 Å². The summed E-state index contributed by atoms with van der Waals surface area (Å²) in [5.74, 6) is 0.603. The van der Waals surface area contributed by atoms with Crippen LogP contribution in [0, 0.1) is 11.3 Å². The second-order valence-corrected chi connectivity index (χ2v) is 6.00. The van der Waals surface area contributed by atoms with Crippen molar-refractivity contribution in [3.8, 4) is 0 Å². The molecule has 1 rings (SSSR count). The Morgan fingerprint density at radius 1 is 1.38 bits per heavy atom. The van der Waals surface area contributed by atoms with E-state index in [0.717, 1.165) is 25.4 Å². The van der Waals surface area contributed by atoms with E-state index in [0.29, 0.717) is 5.41 Å². The summed E-state index contributed by atoms with van der Waals surface area (Å²) < 4.78 is 0. The Morgan fingerprint density at radius 3 is 2.19 bits per heavy atom. The van der Waals surface area contributed by atoms with Gasteiger partial charge in [-0.3, -0.25) is 9.69 Å². The van der Waals surface area contributed by atoms with Gasteiger partial charge in [-0.15, -0.1) is 0 Å². The van der Waals surface area contributed by atoms with Crippen LogP contribution in [-0.2, 0) is 4.79 Å². The monoisotopic (exact) mass is 226 g/mol. The van der Waals surface area contributed by atoms with Gasteiger partial charge in [-0.1, -0.05) is 27.7 Å². The van der Waals surface area contributed by atoms with E-state index in [1.807, 2.05) is 6.92 Å². The molecule has 0 saturated carbocycles. The SMILES string of the molecule is CCC(C(N)=O)N1CCC(C(C)(C)C)CC1. The number of nitrogens with zero attached hydrogens (tertiary/aromatic N) is 1. The second kappa shape index (κ2) is 5.17. The van der Waals surface area contributed by atoms with Gasteiger partial charge in [0.1, 0.15) is 0 Å². The molecule has 0 spiro atoms. The van der Waals surface area contributed by atoms with Crippen molar-refractivity contribution in [2.24, 2.45) is 17.1 Å². The van der Waals surface area contributed by atoms with Gasteiger partial charge in [-0.25, -0.2) is 0 Å². The fourth-order valence-corrected chi connectivity index (χ4v) is 2.72. The molecule has 0 aliphatic carbocycles. The maximum atomic E-state index is 11.3. The van der Waals surface area contributed by atoms with Crippen LogP contribution < -0.4 is 5.73 Å². The number of rotatable bonds is 3. The number of amides is 1. The van der Waals surface area contributed by atoms with Crippen LogP contribution in [0.1, 0.15) is 47.0 Å². The molecule has 1 saturated heterocycles. The lowest BCUT2D eigenvalue weighted by molar-refractivity contribution is -0.124. The van der Waals surface area contributed by atoms with Crippen LogP contribution in [0.5, 0.6) is 0 Å². The van der Waals surface area contributed by atoms with Crippen molar-refractivity contribution in [3.05, 3.63) is 0 Å². The van der Waals surface area contributed by atoms with E-state index < -0.39 is 0 Å². The van der Waals surface area contributed by atoms with Crippen LogP contribution in [0.15, 0.2) is 0 Å². The van der Waals surface area contributed by atoms with Crippen molar-refractivity contribution in [3.63, 3.8) is 0 Å². The average Bonchev–Trinajstić information content (AvgIpc) is 2.17. The van der Waals surface area contributed by atoms with E-state index in [4.69, 9.17) is 5.73 Å². The van der Waals surface area contributed by atoms with E-state index in [1.165, 1.54) is 12.8 Å². The van der Waals surface area contributed by atoms with Crippen LogP contribution in [0.3, 0.4) is 0 Å². The predicted octanol–water partition coefficient (Wildman–Crippen LogP) is 2.01. The van der Waals surface area contributed by atoms with E-state index >= 15 is 0 Å². The third kappa shape index (κ3) is 3.21. The number of carbonyl (C=O) groups excluding carboxylic acids is 1. The number of piperidine rings is 1. The molecule has 0 aromatic heterocycles. The Bertz CT molecular complexity index is 237. The fourth-order valence-electron chi connectivity index (χ4n) is 2.72. The first-order valence-corrected chi connectivity index (χ1v) is 6.39. The third-order valence-corrected chi connectivity index (χ3v) is 3.91. The zero-order valence-electron chi connectivity index (χ0n) is 11.1. The molecular weight excluding hydrogens is 200 g/mol. The largest absolute Gasteiger partial charge is 0.368 e. The smallest absolute Gasteiger partial charge is 0.234 e. The minimum absolute atomic E-state index is 0.0547. The molecule has 0 aromatic carbocycles. The Balaban J connectivity index is 2.51. The van der Waals surface area contributed by atoms with Crippen molar-refractivity contribution in [1.29, 1.82) is 0 Å². The van der Waals surface area contributed by atoms with Crippen molar-refractivity contribution < 1.29 is 4.79 Å². The topological polar surface area (TPSA) is 46.3 Å². The minimum Gasteiger partial charge on any atom is -0.368 e. The summed E-state index contributed by atoms with van der Waals surface area (Å²) in [4.78, 5) is 13.5. The second-order valence-electron chi connectivity index (χ2n) is 6.00. The standard InChI is InChI=1S/C13H26N2O/c1-5-11(12(14)16)15-8-6-10(7-9-15)13(2,3)4/h10-11H,5-9H2,1-4H3,(H2,14,16). The minimum atomic E-state index is -0.170. The lowest BCUT2D eigenvalue weighted by Gasteiger charge is -2.40. The molecule has 94 valence electrons. The van der Waals surface area contributed by atoms with Gasteiger partial charge in [0, 0.05) is 0 Å². The maximum absolute atomic E-state index is 11.3. The molecule has 1 aliphatic heterocycles. The number of likely N-dealkylation sites (tertiary alicyclic amines) is 1. The summed E-state index contributed by atoms with van der Waals surface area (Å²) in [6, 6.07) is -0.0547. The molecule has 0 aromatic rings. The van der Waals surface area contributed by atoms with Gasteiger partial charge in [-0.2, -0.15) is 0 Å². The van der Waals surface area contributed by atoms with Gasteiger partial charge < -0.3 is 5.73 Å². The molecule has 16 heavy (non-hydrogen) atoms. The quantitative estimate of drug-likeness (QED) is 0.800. The lowest BCUT2D eigenvalue weighted by Crippen LogP contribution is -2.49. The molecule has 1 unspecified atom stereocenters. The molecule has 1 amide bonds. The Kier molecular flexibility index (Phi) is 4.36. The normalized spacial score (nSPS) is 22.0. The Hall–Kier alpha value is -0.570.